The van der Waals surface area contributed by atoms with Gasteiger partial charge < -0.3 is 10.2 Å². The lowest BCUT2D eigenvalue weighted by Gasteiger charge is -2.34. The molecule has 230 valence electrons. The van der Waals surface area contributed by atoms with Crippen molar-refractivity contribution in [2.24, 2.45) is 0 Å². The first-order chi connectivity index (χ1) is 21.2. The van der Waals surface area contributed by atoms with E-state index in [1.807, 2.05) is 87.5 Å². The zero-order chi connectivity index (χ0) is 31.5. The number of anilines is 1. The highest BCUT2D eigenvalue weighted by Gasteiger charge is 2.34. The fourth-order valence-corrected chi connectivity index (χ4v) is 6.40. The molecule has 2 amide bonds. The number of hydrogen-bond donors (Lipinski definition) is 1. The van der Waals surface area contributed by atoms with Gasteiger partial charge in [0.1, 0.15) is 12.6 Å². The van der Waals surface area contributed by atoms with E-state index >= 15 is 0 Å². The first kappa shape index (κ1) is 32.5. The van der Waals surface area contributed by atoms with Crippen LogP contribution in [0.4, 0.5) is 5.69 Å². The molecule has 0 unspecified atom stereocenters. The van der Waals surface area contributed by atoms with E-state index in [4.69, 9.17) is 0 Å². The second-order valence-electron chi connectivity index (χ2n) is 11.0. The molecule has 0 heterocycles. The Morgan fingerprint density at radius 3 is 2.02 bits per heavy atom. The van der Waals surface area contributed by atoms with E-state index in [1.54, 1.807) is 42.5 Å². The summed E-state index contributed by atoms with van der Waals surface area (Å²) >= 11 is 0. The molecule has 1 N–H and O–H groups in total. The van der Waals surface area contributed by atoms with Crippen molar-refractivity contribution < 1.29 is 18.0 Å². The molecule has 0 bridgehead atoms. The highest BCUT2D eigenvalue weighted by molar-refractivity contribution is 7.92. The third-order valence-corrected chi connectivity index (χ3v) is 9.26. The fraction of sp³-hybridized carbons (Fsp3) is 0.278. The van der Waals surface area contributed by atoms with E-state index in [0.717, 1.165) is 39.4 Å². The number of nitrogens with one attached hydrogen (secondary N) is 1. The summed E-state index contributed by atoms with van der Waals surface area (Å²) < 4.78 is 29.4. The van der Waals surface area contributed by atoms with Crippen LogP contribution in [0.2, 0.25) is 0 Å². The predicted octanol–water partition coefficient (Wildman–Crippen LogP) is 6.06. The van der Waals surface area contributed by atoms with Crippen molar-refractivity contribution >= 4 is 27.5 Å². The van der Waals surface area contributed by atoms with Crippen LogP contribution in [0.25, 0.3) is 0 Å². The van der Waals surface area contributed by atoms with E-state index in [2.05, 4.69) is 5.32 Å². The van der Waals surface area contributed by atoms with Crippen molar-refractivity contribution in [2.75, 3.05) is 17.4 Å². The normalized spacial score (nSPS) is 11.9. The molecule has 4 aromatic carbocycles. The number of rotatable bonds is 14. The molecular weight excluding hydrogens is 570 g/mol. The van der Waals surface area contributed by atoms with Crippen LogP contribution in [0, 0.1) is 13.8 Å². The van der Waals surface area contributed by atoms with Crippen LogP contribution in [-0.4, -0.2) is 44.3 Å². The van der Waals surface area contributed by atoms with Gasteiger partial charge in [-0.1, -0.05) is 104 Å². The Morgan fingerprint density at radius 2 is 1.41 bits per heavy atom. The molecule has 0 aromatic heterocycles. The Kier molecular flexibility index (Phi) is 11.3. The van der Waals surface area contributed by atoms with Crippen LogP contribution in [0.1, 0.15) is 42.0 Å². The molecule has 0 saturated heterocycles. The molecule has 8 heteroatoms. The molecule has 0 spiro atoms. The van der Waals surface area contributed by atoms with Gasteiger partial charge in [0.05, 0.1) is 10.6 Å². The van der Waals surface area contributed by atoms with Crippen LogP contribution < -0.4 is 9.62 Å². The lowest BCUT2D eigenvalue weighted by atomic mass is 10.0. The van der Waals surface area contributed by atoms with Crippen molar-refractivity contribution in [1.82, 2.24) is 10.2 Å². The van der Waals surface area contributed by atoms with Gasteiger partial charge in [-0.15, -0.1) is 0 Å². The summed E-state index contributed by atoms with van der Waals surface area (Å²) in [6, 6.07) is 31.8. The fourth-order valence-electron chi connectivity index (χ4n) is 4.99. The number of sulfonamides is 1. The van der Waals surface area contributed by atoms with E-state index < -0.39 is 28.5 Å². The maximum atomic E-state index is 14.5. The minimum atomic E-state index is -4.13. The quantitative estimate of drug-likeness (QED) is 0.176. The monoisotopic (exact) mass is 611 g/mol. The van der Waals surface area contributed by atoms with Gasteiger partial charge in [-0.2, -0.15) is 0 Å². The summed E-state index contributed by atoms with van der Waals surface area (Å²) in [4.78, 5) is 29.8. The number of carbonyl (C=O) groups is 2. The van der Waals surface area contributed by atoms with E-state index in [1.165, 1.54) is 4.90 Å². The third kappa shape index (κ3) is 8.57. The Morgan fingerprint density at radius 1 is 0.773 bits per heavy atom. The van der Waals surface area contributed by atoms with Crippen molar-refractivity contribution in [2.45, 2.75) is 57.5 Å². The second-order valence-corrected chi connectivity index (χ2v) is 12.9. The summed E-state index contributed by atoms with van der Waals surface area (Å²) in [7, 11) is -4.13. The molecule has 0 radical (unpaired) electrons. The van der Waals surface area contributed by atoms with Crippen LogP contribution in [0.5, 0.6) is 0 Å². The van der Waals surface area contributed by atoms with Crippen molar-refractivity contribution in [3.8, 4) is 0 Å². The maximum Gasteiger partial charge on any atom is 0.264 e. The van der Waals surface area contributed by atoms with Gasteiger partial charge in [0.15, 0.2) is 0 Å². The minimum absolute atomic E-state index is 0.0881. The Hall–Kier alpha value is -4.43. The van der Waals surface area contributed by atoms with Crippen molar-refractivity contribution in [3.05, 3.63) is 131 Å². The molecule has 7 nitrogen and oxygen atoms in total. The standard InChI is InChI=1S/C36H41N3O4S/c1-4-5-23-37-36(41)34(25-30-14-8-6-9-15-30)38(26-31-16-10-7-11-17-31)35(40)27-39(32-18-12-13-29(3)24-32)44(42,43)33-21-19-28(2)20-22-33/h6-22,24,34H,4-5,23,25-27H2,1-3H3,(H,37,41)/t34-/m1/s1. The Balaban J connectivity index is 1.77. The summed E-state index contributed by atoms with van der Waals surface area (Å²) in [6.07, 6.45) is 2.01. The largest absolute Gasteiger partial charge is 0.354 e. The smallest absolute Gasteiger partial charge is 0.264 e. The number of benzene rings is 4. The highest BCUT2D eigenvalue weighted by atomic mass is 32.2. The SMILES string of the molecule is CCCCNC(=O)[C@@H](Cc1ccccc1)N(Cc1ccccc1)C(=O)CN(c1cccc(C)c1)S(=O)(=O)c1ccc(C)cc1. The number of hydrogen-bond acceptors (Lipinski definition) is 4. The van der Waals surface area contributed by atoms with Gasteiger partial charge in [-0.25, -0.2) is 8.42 Å². The summed E-state index contributed by atoms with van der Waals surface area (Å²) in [6.45, 7) is 5.97. The molecule has 0 aliphatic carbocycles. The van der Waals surface area contributed by atoms with Gasteiger partial charge in [0, 0.05) is 19.5 Å². The van der Waals surface area contributed by atoms with Gasteiger partial charge >= 0.3 is 0 Å². The molecule has 0 saturated carbocycles. The van der Waals surface area contributed by atoms with E-state index in [9.17, 15) is 18.0 Å². The number of carbonyl (C=O) groups excluding carboxylic acids is 2. The van der Waals surface area contributed by atoms with Crippen LogP contribution >= 0.6 is 0 Å². The van der Waals surface area contributed by atoms with Crippen LogP contribution in [0.15, 0.2) is 114 Å². The number of aryl methyl sites for hydroxylation is 2. The summed E-state index contributed by atoms with van der Waals surface area (Å²) in [5.41, 5.74) is 3.90. The Labute approximate surface area is 261 Å². The topological polar surface area (TPSA) is 86.8 Å². The minimum Gasteiger partial charge on any atom is -0.354 e. The van der Waals surface area contributed by atoms with Gasteiger partial charge in [-0.3, -0.25) is 13.9 Å². The number of amides is 2. The van der Waals surface area contributed by atoms with Gasteiger partial charge in [0.25, 0.3) is 10.0 Å². The molecule has 0 aliphatic heterocycles. The average Bonchev–Trinajstić information content (AvgIpc) is 3.02. The third-order valence-electron chi connectivity index (χ3n) is 7.47. The molecule has 4 rings (SSSR count). The summed E-state index contributed by atoms with van der Waals surface area (Å²) in [5, 5.41) is 3.01. The van der Waals surface area contributed by atoms with Crippen LogP contribution in [0.3, 0.4) is 0 Å². The summed E-state index contributed by atoms with van der Waals surface area (Å²) in [5.74, 6) is -0.743. The van der Waals surface area contributed by atoms with Gasteiger partial charge in [0.2, 0.25) is 11.8 Å². The molecule has 0 fully saturated rings. The first-order valence-electron chi connectivity index (χ1n) is 15.0. The van der Waals surface area contributed by atoms with Crippen molar-refractivity contribution in [3.63, 3.8) is 0 Å². The zero-order valence-electron chi connectivity index (χ0n) is 25.6. The molecule has 44 heavy (non-hydrogen) atoms. The lowest BCUT2D eigenvalue weighted by molar-refractivity contribution is -0.140. The number of nitrogens with zero attached hydrogens (tertiary/aromatic N) is 2. The average molecular weight is 612 g/mol. The second kappa shape index (κ2) is 15.3. The predicted molar refractivity (Wildman–Crippen MR) is 176 cm³/mol. The first-order valence-corrected chi connectivity index (χ1v) is 16.4. The molecular formula is C36H41N3O4S. The number of unbranched alkanes of at least 4 members (excludes halogenated alkanes) is 1. The van der Waals surface area contributed by atoms with E-state index in [-0.39, 0.29) is 23.8 Å². The van der Waals surface area contributed by atoms with E-state index in [0.29, 0.717) is 12.2 Å². The highest BCUT2D eigenvalue weighted by Crippen LogP contribution is 2.26. The Bertz CT molecular complexity index is 1630. The lowest BCUT2D eigenvalue weighted by Crippen LogP contribution is -2.53. The molecule has 4 aromatic rings. The van der Waals surface area contributed by atoms with Gasteiger partial charge in [-0.05, 0) is 61.2 Å². The zero-order valence-corrected chi connectivity index (χ0v) is 26.5. The van der Waals surface area contributed by atoms with Crippen LogP contribution in [-0.2, 0) is 32.6 Å². The maximum absolute atomic E-state index is 14.5. The molecule has 0 aliphatic rings. The molecule has 1 atom stereocenters. The van der Waals surface area contributed by atoms with Crippen molar-refractivity contribution in [1.29, 1.82) is 0 Å².